The third kappa shape index (κ3) is 4.19. The Morgan fingerprint density at radius 1 is 1.11 bits per heavy atom. The zero-order valence-electron chi connectivity index (χ0n) is 15.4. The molecule has 2 aromatic rings. The lowest BCUT2D eigenvalue weighted by Gasteiger charge is -2.11. The fourth-order valence-corrected chi connectivity index (χ4v) is 5.04. The number of hydrogen-bond acceptors (Lipinski definition) is 5. The molecule has 8 nitrogen and oxygen atoms in total. The highest BCUT2D eigenvalue weighted by Crippen LogP contribution is 2.27. The third-order valence-electron chi connectivity index (χ3n) is 4.57. The standard InChI is InChI=1S/C18H22N4O4S/c1-11-17(12(2)22(21-11)16-8-9-27(25,26)10-16)18(24)20-15-6-4-14(5-7-15)19-13(3)23/h4-7,16H,8-10H2,1-3H3,(H,19,23)(H,20,24)/t16-/m1/s1. The molecule has 2 N–H and O–H groups in total. The smallest absolute Gasteiger partial charge is 0.259 e. The first-order valence-corrected chi connectivity index (χ1v) is 10.4. The summed E-state index contributed by atoms with van der Waals surface area (Å²) in [6, 6.07) is 6.56. The molecule has 1 aromatic carbocycles. The number of nitrogens with one attached hydrogen (secondary N) is 2. The topological polar surface area (TPSA) is 110 Å². The number of nitrogens with zero attached hydrogens (tertiary/aromatic N) is 2. The molecule has 1 aromatic heterocycles. The van der Waals surface area contributed by atoms with Gasteiger partial charge in [-0.05, 0) is 44.5 Å². The molecule has 0 unspecified atom stereocenters. The number of carbonyl (C=O) groups excluding carboxylic acids is 2. The Labute approximate surface area is 157 Å². The summed E-state index contributed by atoms with van der Waals surface area (Å²) in [5, 5.41) is 9.89. The molecule has 0 aliphatic carbocycles. The number of benzene rings is 1. The van der Waals surface area contributed by atoms with Crippen LogP contribution in [-0.2, 0) is 14.6 Å². The van der Waals surface area contributed by atoms with Crippen LogP contribution in [0.1, 0.15) is 41.1 Å². The number of amides is 2. The van der Waals surface area contributed by atoms with E-state index in [0.717, 1.165) is 0 Å². The van der Waals surface area contributed by atoms with Crippen LogP contribution in [0.2, 0.25) is 0 Å². The maximum Gasteiger partial charge on any atom is 0.259 e. The van der Waals surface area contributed by atoms with Crippen LogP contribution in [0.3, 0.4) is 0 Å². The van der Waals surface area contributed by atoms with E-state index in [2.05, 4.69) is 15.7 Å². The number of sulfone groups is 1. The average Bonchev–Trinajstić information content (AvgIpc) is 3.07. The van der Waals surface area contributed by atoms with E-state index in [1.807, 2.05) is 0 Å². The van der Waals surface area contributed by atoms with Crippen molar-refractivity contribution in [2.45, 2.75) is 33.2 Å². The molecular weight excluding hydrogens is 368 g/mol. The lowest BCUT2D eigenvalue weighted by molar-refractivity contribution is -0.114. The molecule has 2 amide bonds. The fourth-order valence-electron chi connectivity index (χ4n) is 3.35. The quantitative estimate of drug-likeness (QED) is 0.830. The number of anilines is 2. The van der Waals surface area contributed by atoms with Gasteiger partial charge in [-0.15, -0.1) is 0 Å². The van der Waals surface area contributed by atoms with Crippen molar-refractivity contribution in [3.05, 3.63) is 41.2 Å². The Kier molecular flexibility index (Phi) is 5.05. The molecule has 1 aliphatic rings. The van der Waals surface area contributed by atoms with Crippen LogP contribution in [0.25, 0.3) is 0 Å². The predicted molar refractivity (Wildman–Crippen MR) is 103 cm³/mol. The van der Waals surface area contributed by atoms with Gasteiger partial charge in [-0.3, -0.25) is 14.3 Å². The maximum absolute atomic E-state index is 12.7. The van der Waals surface area contributed by atoms with E-state index in [9.17, 15) is 18.0 Å². The molecule has 1 atom stereocenters. The van der Waals surface area contributed by atoms with Gasteiger partial charge in [0.25, 0.3) is 5.91 Å². The van der Waals surface area contributed by atoms with E-state index < -0.39 is 9.84 Å². The second-order valence-corrected chi connectivity index (χ2v) is 8.99. The first-order valence-electron chi connectivity index (χ1n) is 8.61. The van der Waals surface area contributed by atoms with Gasteiger partial charge in [-0.2, -0.15) is 5.10 Å². The van der Waals surface area contributed by atoms with E-state index in [4.69, 9.17) is 0 Å². The lowest BCUT2D eigenvalue weighted by Crippen LogP contribution is -2.16. The minimum Gasteiger partial charge on any atom is -0.326 e. The Bertz CT molecular complexity index is 993. The van der Waals surface area contributed by atoms with E-state index in [1.54, 1.807) is 42.8 Å². The maximum atomic E-state index is 12.7. The Balaban J connectivity index is 1.78. The summed E-state index contributed by atoms with van der Waals surface area (Å²) in [5.74, 6) is -0.262. The van der Waals surface area contributed by atoms with Crippen LogP contribution in [0.5, 0.6) is 0 Å². The van der Waals surface area contributed by atoms with E-state index in [1.165, 1.54) is 6.92 Å². The molecule has 2 heterocycles. The van der Waals surface area contributed by atoms with Gasteiger partial charge in [0.2, 0.25) is 5.91 Å². The predicted octanol–water partition coefficient (Wildman–Crippen LogP) is 2.07. The number of rotatable bonds is 4. The molecule has 0 bridgehead atoms. The Morgan fingerprint density at radius 2 is 1.70 bits per heavy atom. The SMILES string of the molecule is CC(=O)Nc1ccc(NC(=O)c2c(C)nn([C@@H]3CCS(=O)(=O)C3)c2C)cc1. The lowest BCUT2D eigenvalue weighted by atomic mass is 10.1. The summed E-state index contributed by atoms with van der Waals surface area (Å²) in [5.41, 5.74) is 2.89. The molecule has 0 saturated carbocycles. The molecular formula is C18H22N4O4S. The minimum absolute atomic E-state index is 0.0562. The van der Waals surface area contributed by atoms with Crippen molar-refractivity contribution in [3.8, 4) is 0 Å². The molecule has 0 spiro atoms. The number of aryl methyl sites for hydroxylation is 1. The van der Waals surface area contributed by atoms with Crippen molar-refractivity contribution in [2.24, 2.45) is 0 Å². The molecule has 9 heteroatoms. The second kappa shape index (κ2) is 7.15. The third-order valence-corrected chi connectivity index (χ3v) is 6.32. The summed E-state index contributed by atoms with van der Waals surface area (Å²) in [4.78, 5) is 23.8. The monoisotopic (exact) mass is 390 g/mol. The van der Waals surface area contributed by atoms with Crippen LogP contribution >= 0.6 is 0 Å². The normalized spacial score (nSPS) is 18.3. The summed E-state index contributed by atoms with van der Waals surface area (Å²) < 4.78 is 25.1. The van der Waals surface area contributed by atoms with Gasteiger partial charge >= 0.3 is 0 Å². The summed E-state index contributed by atoms with van der Waals surface area (Å²) >= 11 is 0. The van der Waals surface area contributed by atoms with Crippen molar-refractivity contribution < 1.29 is 18.0 Å². The van der Waals surface area contributed by atoms with Crippen molar-refractivity contribution in [1.82, 2.24) is 9.78 Å². The Hall–Kier alpha value is -2.68. The van der Waals surface area contributed by atoms with Crippen LogP contribution in [-0.4, -0.2) is 41.5 Å². The van der Waals surface area contributed by atoms with Gasteiger partial charge in [0.15, 0.2) is 9.84 Å². The zero-order chi connectivity index (χ0) is 19.8. The van der Waals surface area contributed by atoms with E-state index >= 15 is 0 Å². The molecule has 1 aliphatic heterocycles. The van der Waals surface area contributed by atoms with Crippen molar-refractivity contribution >= 4 is 33.0 Å². The van der Waals surface area contributed by atoms with Gasteiger partial charge < -0.3 is 10.6 Å². The Morgan fingerprint density at radius 3 is 2.22 bits per heavy atom. The molecule has 1 saturated heterocycles. The molecule has 3 rings (SSSR count). The van der Waals surface area contributed by atoms with E-state index in [-0.39, 0.29) is 29.4 Å². The highest BCUT2D eigenvalue weighted by Gasteiger charge is 2.32. The zero-order valence-corrected chi connectivity index (χ0v) is 16.3. The van der Waals surface area contributed by atoms with Crippen LogP contribution in [0, 0.1) is 13.8 Å². The van der Waals surface area contributed by atoms with Gasteiger partial charge in [0.05, 0.1) is 28.8 Å². The summed E-state index contributed by atoms with van der Waals surface area (Å²) in [6.45, 7) is 4.94. The highest BCUT2D eigenvalue weighted by molar-refractivity contribution is 7.91. The van der Waals surface area contributed by atoms with Crippen molar-refractivity contribution in [3.63, 3.8) is 0 Å². The van der Waals surface area contributed by atoms with Crippen molar-refractivity contribution in [1.29, 1.82) is 0 Å². The van der Waals surface area contributed by atoms with Gasteiger partial charge in [0.1, 0.15) is 0 Å². The molecule has 27 heavy (non-hydrogen) atoms. The van der Waals surface area contributed by atoms with Crippen LogP contribution in [0.15, 0.2) is 24.3 Å². The second-order valence-electron chi connectivity index (χ2n) is 6.76. The fraction of sp³-hybridized carbons (Fsp3) is 0.389. The first kappa shape index (κ1) is 19.1. The first-order chi connectivity index (χ1) is 12.7. The largest absolute Gasteiger partial charge is 0.326 e. The number of aromatic nitrogens is 2. The van der Waals surface area contributed by atoms with Crippen molar-refractivity contribution in [2.75, 3.05) is 22.1 Å². The molecule has 144 valence electrons. The van der Waals surface area contributed by atoms with Gasteiger partial charge in [0, 0.05) is 24.0 Å². The summed E-state index contributed by atoms with van der Waals surface area (Å²) in [6.07, 6.45) is 0.510. The average molecular weight is 390 g/mol. The summed E-state index contributed by atoms with van der Waals surface area (Å²) in [7, 11) is -3.04. The van der Waals surface area contributed by atoms with Gasteiger partial charge in [-0.1, -0.05) is 0 Å². The number of carbonyl (C=O) groups is 2. The van der Waals surface area contributed by atoms with Gasteiger partial charge in [-0.25, -0.2) is 8.42 Å². The van der Waals surface area contributed by atoms with Crippen LogP contribution < -0.4 is 10.6 Å². The highest BCUT2D eigenvalue weighted by atomic mass is 32.2. The minimum atomic E-state index is -3.04. The molecule has 1 fully saturated rings. The van der Waals surface area contributed by atoms with Crippen LogP contribution in [0.4, 0.5) is 11.4 Å². The van der Waals surface area contributed by atoms with E-state index in [0.29, 0.717) is 34.7 Å². The number of hydrogen-bond donors (Lipinski definition) is 2. The molecule has 0 radical (unpaired) electrons.